The molecule has 0 unspecified atom stereocenters. The molecule has 1 saturated carbocycles. The Bertz CT molecular complexity index is 1300. The van der Waals surface area contributed by atoms with E-state index in [1.165, 1.54) is 31.0 Å². The Morgan fingerprint density at radius 3 is 2.61 bits per heavy atom. The van der Waals surface area contributed by atoms with Crippen LogP contribution in [0.15, 0.2) is 35.8 Å². The van der Waals surface area contributed by atoms with Crippen molar-refractivity contribution < 1.29 is 19.1 Å². The highest BCUT2D eigenvalue weighted by molar-refractivity contribution is 6.44. The largest absolute Gasteiger partial charge is 0.435 e. The number of rotatable bonds is 6. The maximum atomic E-state index is 11.6. The molecule has 0 saturated heterocycles. The fraction of sp³-hybridized carbons (Fsp3) is 0.200. The van der Waals surface area contributed by atoms with E-state index in [-0.39, 0.29) is 21.5 Å². The number of hydrazone groups is 1. The van der Waals surface area contributed by atoms with Gasteiger partial charge in [-0.3, -0.25) is 5.43 Å². The van der Waals surface area contributed by atoms with Gasteiger partial charge in [0, 0.05) is 12.2 Å². The molecule has 2 heterocycles. The minimum Gasteiger partial charge on any atom is -0.435 e. The fourth-order valence-corrected chi connectivity index (χ4v) is 3.75. The number of primary amides is 1. The summed E-state index contributed by atoms with van der Waals surface area (Å²) in [7, 11) is 0. The Kier molecular flexibility index (Phi) is 6.30. The summed E-state index contributed by atoms with van der Waals surface area (Å²) < 4.78 is 12.1. The fourth-order valence-electron chi connectivity index (χ4n) is 3.18. The lowest BCUT2D eigenvalue weighted by Crippen LogP contribution is -2.24. The van der Waals surface area contributed by atoms with Gasteiger partial charge in [0.15, 0.2) is 5.75 Å². The number of benzene rings is 1. The molecule has 1 aliphatic rings. The smallest absolute Gasteiger partial charge is 0.412 e. The molecule has 0 bridgehead atoms. The molecule has 1 aliphatic carbocycles. The average Bonchev–Trinajstić information content (AvgIpc) is 3.14. The highest BCUT2D eigenvalue weighted by Gasteiger charge is 2.23. The van der Waals surface area contributed by atoms with Crippen molar-refractivity contribution in [3.8, 4) is 17.7 Å². The van der Waals surface area contributed by atoms with Crippen LogP contribution in [0.25, 0.3) is 11.0 Å². The van der Waals surface area contributed by atoms with Gasteiger partial charge >= 0.3 is 12.1 Å². The van der Waals surface area contributed by atoms with Crippen molar-refractivity contribution in [2.24, 2.45) is 10.8 Å². The highest BCUT2D eigenvalue weighted by Crippen LogP contribution is 2.41. The van der Waals surface area contributed by atoms with E-state index in [0.717, 1.165) is 23.9 Å². The number of halogens is 2. The number of aromatic nitrogens is 3. The number of hydrogen-bond donors (Lipinski definition) is 2. The van der Waals surface area contributed by atoms with Crippen molar-refractivity contribution in [1.29, 1.82) is 5.26 Å². The van der Waals surface area contributed by atoms with E-state index in [9.17, 15) is 9.59 Å². The molecule has 3 aromatic rings. The van der Waals surface area contributed by atoms with Gasteiger partial charge in [0.1, 0.15) is 18.0 Å². The van der Waals surface area contributed by atoms with Crippen molar-refractivity contribution in [3.05, 3.63) is 40.8 Å². The van der Waals surface area contributed by atoms with E-state index in [2.05, 4.69) is 29.8 Å². The van der Waals surface area contributed by atoms with E-state index in [1.807, 2.05) is 12.3 Å². The van der Waals surface area contributed by atoms with Gasteiger partial charge in [-0.2, -0.15) is 10.4 Å². The number of hydrogen-bond acceptors (Lipinski definition) is 9. The number of fused-ring (bicyclic) bond motifs is 1. The third-order valence-corrected chi connectivity index (χ3v) is 5.49. The summed E-state index contributed by atoms with van der Waals surface area (Å²) in [5, 5.41) is 13.5. The second kappa shape index (κ2) is 9.32. The van der Waals surface area contributed by atoms with Crippen molar-refractivity contribution in [2.75, 3.05) is 5.43 Å². The Morgan fingerprint density at radius 2 is 2.00 bits per heavy atom. The number of nitriles is 1. The minimum absolute atomic E-state index is 0.114. The first-order valence-corrected chi connectivity index (χ1v) is 10.4. The van der Waals surface area contributed by atoms with Crippen LogP contribution in [0.1, 0.15) is 25.3 Å². The van der Waals surface area contributed by atoms with E-state index < -0.39 is 17.8 Å². The van der Waals surface area contributed by atoms with Gasteiger partial charge < -0.3 is 19.8 Å². The molecular weight excluding hydrogens is 473 g/mol. The molecule has 4 rings (SSSR count). The summed E-state index contributed by atoms with van der Waals surface area (Å²) in [6.45, 7) is 0. The third-order valence-electron chi connectivity index (χ3n) is 4.93. The molecule has 0 radical (unpaired) electrons. The van der Waals surface area contributed by atoms with Crippen LogP contribution in [0.3, 0.4) is 0 Å². The highest BCUT2D eigenvalue weighted by atomic mass is 35.5. The minimum atomic E-state index is -1.36. The third kappa shape index (κ3) is 4.67. The second-order valence-corrected chi connectivity index (χ2v) is 7.80. The van der Waals surface area contributed by atoms with Crippen molar-refractivity contribution in [1.82, 2.24) is 14.5 Å². The van der Waals surface area contributed by atoms with Crippen molar-refractivity contribution in [2.45, 2.75) is 25.3 Å². The molecule has 168 valence electrons. The number of esters is 1. The Morgan fingerprint density at radius 1 is 1.27 bits per heavy atom. The first-order valence-electron chi connectivity index (χ1n) is 9.61. The van der Waals surface area contributed by atoms with Crippen molar-refractivity contribution in [3.63, 3.8) is 0 Å². The van der Waals surface area contributed by atoms with Gasteiger partial charge in [0.05, 0.1) is 21.1 Å². The topological polar surface area (TPSA) is 158 Å². The van der Waals surface area contributed by atoms with Crippen molar-refractivity contribution >= 4 is 57.7 Å². The predicted octanol–water partition coefficient (Wildman–Crippen LogP) is 4.17. The summed E-state index contributed by atoms with van der Waals surface area (Å²) >= 11 is 12.7. The Hall–Kier alpha value is -3.88. The van der Waals surface area contributed by atoms with E-state index in [1.54, 1.807) is 0 Å². The zero-order chi connectivity index (χ0) is 23.5. The number of ether oxygens (including phenoxy) is 2. The van der Waals surface area contributed by atoms with E-state index in [4.69, 9.17) is 38.9 Å². The van der Waals surface area contributed by atoms with Crippen LogP contribution in [0.4, 0.5) is 10.5 Å². The number of amides is 1. The Labute approximate surface area is 196 Å². The second-order valence-electron chi connectivity index (χ2n) is 6.99. The summed E-state index contributed by atoms with van der Waals surface area (Å²) in [5.74, 6) is -0.865. The SMILES string of the molecule is N#CC(=NNc1cc(Cl)c(Oc2ncnc3c2ccn3C2CCC2)c(Cl)c1)C(=O)OC(N)=O. The zero-order valence-corrected chi connectivity index (χ0v) is 18.3. The normalized spacial score (nSPS) is 13.8. The van der Waals surface area contributed by atoms with E-state index in [0.29, 0.717) is 11.9 Å². The molecular formula is C20H15Cl2N7O4. The van der Waals surface area contributed by atoms with Crippen LogP contribution in [0.5, 0.6) is 11.6 Å². The molecule has 11 nitrogen and oxygen atoms in total. The first-order chi connectivity index (χ1) is 15.9. The molecule has 1 fully saturated rings. The summed E-state index contributed by atoms with van der Waals surface area (Å²) in [4.78, 5) is 30.8. The Balaban J connectivity index is 1.57. The van der Waals surface area contributed by atoms with Crippen LogP contribution in [0, 0.1) is 11.3 Å². The summed E-state index contributed by atoms with van der Waals surface area (Å²) in [6, 6.07) is 6.61. The molecule has 1 amide bonds. The zero-order valence-electron chi connectivity index (χ0n) is 16.8. The van der Waals surface area contributed by atoms with Gasteiger partial charge in [-0.15, -0.1) is 0 Å². The van der Waals surface area contributed by atoms with Gasteiger partial charge in [-0.25, -0.2) is 19.6 Å². The molecule has 0 spiro atoms. The number of carbonyl (C=O) groups is 2. The van der Waals surface area contributed by atoms with Crippen LogP contribution in [0.2, 0.25) is 10.0 Å². The first kappa shape index (κ1) is 22.3. The van der Waals surface area contributed by atoms with Gasteiger partial charge in [0.25, 0.3) is 0 Å². The van der Waals surface area contributed by atoms with Gasteiger partial charge in [0.2, 0.25) is 11.6 Å². The van der Waals surface area contributed by atoms with Gasteiger partial charge in [-0.05, 0) is 37.5 Å². The molecule has 2 aromatic heterocycles. The van der Waals surface area contributed by atoms with Crippen LogP contribution < -0.4 is 15.9 Å². The number of carbonyl (C=O) groups excluding carboxylic acids is 2. The lowest BCUT2D eigenvalue weighted by molar-refractivity contribution is -0.129. The molecule has 0 aliphatic heterocycles. The lowest BCUT2D eigenvalue weighted by atomic mass is 9.93. The van der Waals surface area contributed by atoms with Gasteiger partial charge in [-0.1, -0.05) is 23.2 Å². The monoisotopic (exact) mass is 487 g/mol. The molecule has 3 N–H and O–H groups in total. The number of nitrogens with two attached hydrogens (primary N) is 1. The summed E-state index contributed by atoms with van der Waals surface area (Å²) in [5.41, 5.74) is 7.45. The molecule has 1 aromatic carbocycles. The van der Waals surface area contributed by atoms with Crippen LogP contribution in [-0.2, 0) is 9.53 Å². The van der Waals surface area contributed by atoms with Crippen LogP contribution >= 0.6 is 23.2 Å². The number of anilines is 1. The van der Waals surface area contributed by atoms with Crippen LogP contribution in [-0.4, -0.2) is 32.3 Å². The summed E-state index contributed by atoms with van der Waals surface area (Å²) in [6.07, 6.45) is 5.40. The molecule has 13 heteroatoms. The predicted molar refractivity (Wildman–Crippen MR) is 119 cm³/mol. The number of nitrogens with one attached hydrogen (secondary N) is 1. The average molecular weight is 488 g/mol. The number of nitrogens with zero attached hydrogens (tertiary/aromatic N) is 5. The standard InChI is InChI=1S/C20H15Cl2N7O4/c21-13-6-10(27-28-15(8-23)19(30)33-20(24)31)7-14(22)16(13)32-18-12-4-5-29(11-2-1-3-11)17(12)25-9-26-18/h4-7,9,11,27H,1-3H2,(H2,24,31). The molecule has 33 heavy (non-hydrogen) atoms. The lowest BCUT2D eigenvalue weighted by Gasteiger charge is -2.27. The molecule has 0 atom stereocenters. The maximum absolute atomic E-state index is 11.6. The quantitative estimate of drug-likeness (QED) is 0.227. The van der Waals surface area contributed by atoms with E-state index >= 15 is 0 Å². The maximum Gasteiger partial charge on any atom is 0.412 e.